The van der Waals surface area contributed by atoms with Gasteiger partial charge in [-0.15, -0.1) is 0 Å². The van der Waals surface area contributed by atoms with Crippen LogP contribution in [0.2, 0.25) is 19.6 Å². The van der Waals surface area contributed by atoms with E-state index in [4.69, 9.17) is 4.43 Å². The number of carbonyl (C=O) groups excluding carboxylic acids is 1. The van der Waals surface area contributed by atoms with Crippen LogP contribution in [0.5, 0.6) is 0 Å². The van der Waals surface area contributed by atoms with Crippen LogP contribution in [-0.2, 0) is 9.22 Å². The number of rotatable bonds is 25. The van der Waals surface area contributed by atoms with Crippen LogP contribution in [0.25, 0.3) is 0 Å². The Bertz CT molecular complexity index is 453. The Hall–Kier alpha value is -0.393. The summed E-state index contributed by atoms with van der Waals surface area (Å²) < 4.78 is 6.05. The van der Waals surface area contributed by atoms with Crippen molar-refractivity contribution in [1.82, 2.24) is 5.32 Å². The molecule has 0 aromatic rings. The van der Waals surface area contributed by atoms with Crippen molar-refractivity contribution in [2.45, 2.75) is 174 Å². The minimum absolute atomic E-state index is 0.0603. The summed E-state index contributed by atoms with van der Waals surface area (Å²) in [6.45, 7) is 11.4. The molecule has 0 saturated heterocycles. The van der Waals surface area contributed by atoms with Gasteiger partial charge in [0.25, 0.3) is 0 Å². The van der Waals surface area contributed by atoms with Crippen molar-refractivity contribution in [2.24, 2.45) is 0 Å². The van der Waals surface area contributed by atoms with Crippen LogP contribution < -0.4 is 5.32 Å². The van der Waals surface area contributed by atoms with Crippen molar-refractivity contribution in [1.29, 1.82) is 0 Å². The number of nitrogens with one attached hydrogen (secondary N) is 1. The van der Waals surface area contributed by atoms with E-state index in [0.29, 0.717) is 13.0 Å². The van der Waals surface area contributed by atoms with Gasteiger partial charge < -0.3 is 14.8 Å². The minimum Gasteiger partial charge on any atom is -0.415 e. The van der Waals surface area contributed by atoms with E-state index in [1.165, 1.54) is 96.3 Å². The second kappa shape index (κ2) is 23.0. The SMILES string of the molecule is CCCCCCCCCCCCCCC[C@@H](O)[C@H](CO[Si](C)(C)C)NC(=O)CCCCCCC. The first-order valence-corrected chi connectivity index (χ1v) is 18.3. The third-order valence-corrected chi connectivity index (χ3v) is 7.65. The van der Waals surface area contributed by atoms with Gasteiger partial charge in [-0.1, -0.05) is 123 Å². The fraction of sp³-hybridized carbons (Fsp3) is 0.966. The molecule has 0 heterocycles. The van der Waals surface area contributed by atoms with Crippen molar-refractivity contribution < 1.29 is 14.3 Å². The molecule has 0 aromatic carbocycles. The van der Waals surface area contributed by atoms with Crippen molar-refractivity contribution in [3.05, 3.63) is 0 Å². The van der Waals surface area contributed by atoms with Crippen LogP contribution in [0.1, 0.15) is 142 Å². The van der Waals surface area contributed by atoms with E-state index < -0.39 is 14.4 Å². The molecule has 0 aromatic heterocycles. The van der Waals surface area contributed by atoms with E-state index in [0.717, 1.165) is 25.7 Å². The minimum atomic E-state index is -1.69. The zero-order valence-electron chi connectivity index (χ0n) is 23.8. The van der Waals surface area contributed by atoms with E-state index in [1.54, 1.807) is 0 Å². The first-order chi connectivity index (χ1) is 16.3. The number of amides is 1. The Labute approximate surface area is 214 Å². The summed E-state index contributed by atoms with van der Waals surface area (Å²) in [4.78, 5) is 12.4. The number of hydrogen-bond donors (Lipinski definition) is 2. The molecule has 0 aliphatic rings. The Balaban J connectivity index is 4.02. The van der Waals surface area contributed by atoms with Crippen LogP contribution in [0.3, 0.4) is 0 Å². The molecular weight excluding hydrogens is 438 g/mol. The lowest BCUT2D eigenvalue weighted by atomic mass is 10.0. The second-order valence-electron chi connectivity index (χ2n) is 11.4. The molecule has 5 heteroatoms. The zero-order chi connectivity index (χ0) is 25.5. The van der Waals surface area contributed by atoms with Crippen LogP contribution in [0.15, 0.2) is 0 Å². The van der Waals surface area contributed by atoms with Crippen LogP contribution in [0.4, 0.5) is 0 Å². The average molecular weight is 500 g/mol. The lowest BCUT2D eigenvalue weighted by molar-refractivity contribution is -0.123. The van der Waals surface area contributed by atoms with Gasteiger partial charge in [-0.2, -0.15) is 0 Å². The lowest BCUT2D eigenvalue weighted by Gasteiger charge is -2.28. The summed E-state index contributed by atoms with van der Waals surface area (Å²) in [6.07, 6.45) is 23.7. The molecule has 2 atom stereocenters. The Morgan fingerprint density at radius 3 is 1.56 bits per heavy atom. The normalized spacial score (nSPS) is 13.7. The molecule has 0 rings (SSSR count). The van der Waals surface area contributed by atoms with Gasteiger partial charge in [0, 0.05) is 6.42 Å². The van der Waals surface area contributed by atoms with Gasteiger partial charge >= 0.3 is 0 Å². The van der Waals surface area contributed by atoms with E-state index in [1.807, 2.05) is 0 Å². The van der Waals surface area contributed by atoms with E-state index in [2.05, 4.69) is 38.8 Å². The molecule has 1 amide bonds. The Kier molecular flexibility index (Phi) is 22.8. The van der Waals surface area contributed by atoms with Gasteiger partial charge in [0.1, 0.15) is 0 Å². The molecule has 0 fully saturated rings. The highest BCUT2D eigenvalue weighted by Crippen LogP contribution is 2.15. The fourth-order valence-electron chi connectivity index (χ4n) is 4.33. The van der Waals surface area contributed by atoms with Gasteiger partial charge in [0.05, 0.1) is 18.8 Å². The second-order valence-corrected chi connectivity index (χ2v) is 15.9. The molecule has 0 unspecified atom stereocenters. The van der Waals surface area contributed by atoms with Gasteiger partial charge in [-0.3, -0.25) is 4.79 Å². The first kappa shape index (κ1) is 33.6. The van der Waals surface area contributed by atoms with Gasteiger partial charge in [-0.25, -0.2) is 0 Å². The Morgan fingerprint density at radius 2 is 1.12 bits per heavy atom. The monoisotopic (exact) mass is 499 g/mol. The zero-order valence-corrected chi connectivity index (χ0v) is 24.8. The third-order valence-electron chi connectivity index (χ3n) is 6.62. The molecule has 0 spiro atoms. The number of carbonyl (C=O) groups is 1. The summed E-state index contributed by atoms with van der Waals surface area (Å²) in [5.74, 6) is 0.0603. The quantitative estimate of drug-likeness (QED) is 0.0977. The van der Waals surface area contributed by atoms with Crippen LogP contribution in [0, 0.1) is 0 Å². The van der Waals surface area contributed by atoms with E-state index in [9.17, 15) is 9.90 Å². The maximum absolute atomic E-state index is 12.4. The number of aliphatic hydroxyl groups excluding tert-OH is 1. The third kappa shape index (κ3) is 23.4. The van der Waals surface area contributed by atoms with Crippen molar-refractivity contribution >= 4 is 14.2 Å². The number of hydrogen-bond acceptors (Lipinski definition) is 3. The molecule has 0 bridgehead atoms. The van der Waals surface area contributed by atoms with E-state index in [-0.39, 0.29) is 11.9 Å². The maximum Gasteiger partial charge on any atom is 0.220 e. The van der Waals surface area contributed by atoms with Gasteiger partial charge in [0.15, 0.2) is 8.32 Å². The Morgan fingerprint density at radius 1 is 0.706 bits per heavy atom. The number of aliphatic hydroxyl groups is 1. The molecule has 204 valence electrons. The largest absolute Gasteiger partial charge is 0.415 e. The molecule has 0 aliphatic carbocycles. The van der Waals surface area contributed by atoms with E-state index >= 15 is 0 Å². The molecule has 34 heavy (non-hydrogen) atoms. The summed E-state index contributed by atoms with van der Waals surface area (Å²) in [5, 5.41) is 13.9. The molecule has 2 N–H and O–H groups in total. The molecular formula is C29H61NO3Si. The molecule has 0 saturated carbocycles. The number of unbranched alkanes of at least 4 members (excludes halogenated alkanes) is 16. The lowest BCUT2D eigenvalue weighted by Crippen LogP contribution is -2.48. The standard InChI is InChI=1S/C29H61NO3Si/c1-6-8-10-12-13-14-15-16-17-18-19-21-22-24-28(31)27(26-33-34(3,4)5)30-29(32)25-23-20-11-9-7-2/h27-28,31H,6-26H2,1-5H3,(H,30,32)/t27-,28+/m0/s1. The highest BCUT2D eigenvalue weighted by atomic mass is 28.4. The van der Waals surface area contributed by atoms with Crippen LogP contribution >= 0.6 is 0 Å². The summed E-state index contributed by atoms with van der Waals surface area (Å²) in [7, 11) is -1.69. The molecule has 0 radical (unpaired) electrons. The topological polar surface area (TPSA) is 58.6 Å². The van der Waals surface area contributed by atoms with Crippen molar-refractivity contribution in [3.8, 4) is 0 Å². The summed E-state index contributed by atoms with van der Waals surface area (Å²) >= 11 is 0. The fourth-order valence-corrected chi connectivity index (χ4v) is 5.01. The molecule has 4 nitrogen and oxygen atoms in total. The molecule has 0 aliphatic heterocycles. The maximum atomic E-state index is 12.4. The van der Waals surface area contributed by atoms with Crippen molar-refractivity contribution in [3.63, 3.8) is 0 Å². The van der Waals surface area contributed by atoms with Crippen LogP contribution in [-0.4, -0.2) is 38.1 Å². The predicted molar refractivity (Wildman–Crippen MR) is 151 cm³/mol. The summed E-state index contributed by atoms with van der Waals surface area (Å²) in [5.41, 5.74) is 0. The van der Waals surface area contributed by atoms with Gasteiger partial charge in [0.2, 0.25) is 5.91 Å². The highest BCUT2D eigenvalue weighted by molar-refractivity contribution is 6.69. The van der Waals surface area contributed by atoms with Crippen molar-refractivity contribution in [2.75, 3.05) is 6.61 Å². The average Bonchev–Trinajstić information content (AvgIpc) is 2.78. The first-order valence-electron chi connectivity index (χ1n) is 14.9. The van der Waals surface area contributed by atoms with Gasteiger partial charge in [-0.05, 0) is 32.5 Å². The highest BCUT2D eigenvalue weighted by Gasteiger charge is 2.24. The smallest absolute Gasteiger partial charge is 0.220 e. The predicted octanol–water partition coefficient (Wildman–Crippen LogP) is 8.53. The summed E-state index contributed by atoms with van der Waals surface area (Å²) in [6, 6.07) is -0.285.